The number of phenols is 1. The van der Waals surface area contributed by atoms with Gasteiger partial charge in [0.15, 0.2) is 0 Å². The van der Waals surface area contributed by atoms with Crippen molar-refractivity contribution in [2.24, 2.45) is 5.92 Å². The van der Waals surface area contributed by atoms with E-state index >= 15 is 0 Å². The molecule has 0 bridgehead atoms. The van der Waals surface area contributed by atoms with Crippen molar-refractivity contribution < 1.29 is 5.11 Å². The minimum absolute atomic E-state index is 0.319. The second-order valence-corrected chi connectivity index (χ2v) is 3.94. The highest BCUT2D eigenvalue weighted by molar-refractivity contribution is 6.30. The van der Waals surface area contributed by atoms with Gasteiger partial charge in [0.25, 0.3) is 0 Å². The maximum atomic E-state index is 9.55. The molecule has 2 N–H and O–H groups in total. The van der Waals surface area contributed by atoms with Gasteiger partial charge in [-0.25, -0.2) is 0 Å². The number of nitrogens with one attached hydrogen (secondary N) is 1. The van der Waals surface area contributed by atoms with Crippen LogP contribution in [0.2, 0.25) is 5.02 Å². The zero-order chi connectivity index (χ0) is 9.26. The van der Waals surface area contributed by atoms with E-state index in [1.54, 1.807) is 6.07 Å². The molecule has 1 saturated heterocycles. The van der Waals surface area contributed by atoms with E-state index in [4.69, 9.17) is 11.6 Å². The van der Waals surface area contributed by atoms with Crippen molar-refractivity contribution in [3.63, 3.8) is 0 Å². The molecule has 0 radical (unpaired) electrons. The van der Waals surface area contributed by atoms with Crippen LogP contribution < -0.4 is 5.32 Å². The van der Waals surface area contributed by atoms with Crippen LogP contribution in [0.25, 0.3) is 0 Å². The third kappa shape index (κ3) is 1.95. The summed E-state index contributed by atoms with van der Waals surface area (Å²) in [5.74, 6) is 0.992. The Bertz CT molecular complexity index is 310. The van der Waals surface area contributed by atoms with Crippen LogP contribution in [0, 0.1) is 5.92 Å². The lowest BCUT2D eigenvalue weighted by molar-refractivity contribution is 0.341. The highest BCUT2D eigenvalue weighted by Crippen LogP contribution is 2.25. The molecule has 1 aliphatic rings. The van der Waals surface area contributed by atoms with Crippen molar-refractivity contribution >= 4 is 11.6 Å². The van der Waals surface area contributed by atoms with E-state index in [2.05, 4.69) is 5.32 Å². The fourth-order valence-electron chi connectivity index (χ4n) is 1.51. The smallest absolute Gasteiger partial charge is 0.120 e. The van der Waals surface area contributed by atoms with Gasteiger partial charge in [-0.2, -0.15) is 0 Å². The third-order valence-electron chi connectivity index (χ3n) is 2.42. The molecule has 0 atom stereocenters. The Morgan fingerprint density at radius 2 is 2.23 bits per heavy atom. The Morgan fingerprint density at radius 1 is 1.46 bits per heavy atom. The summed E-state index contributed by atoms with van der Waals surface area (Å²) in [4.78, 5) is 0. The number of hydrogen-bond donors (Lipinski definition) is 2. The predicted octanol–water partition coefficient (Wildman–Crippen LogP) is 1.81. The van der Waals surface area contributed by atoms with Gasteiger partial charge in [0, 0.05) is 5.02 Å². The molecule has 0 unspecified atom stereocenters. The van der Waals surface area contributed by atoms with E-state index in [-0.39, 0.29) is 0 Å². The monoisotopic (exact) mass is 197 g/mol. The fourth-order valence-corrected chi connectivity index (χ4v) is 1.68. The first-order chi connectivity index (χ1) is 6.25. The predicted molar refractivity (Wildman–Crippen MR) is 53.2 cm³/mol. The standard InChI is InChI=1S/C10H12ClNO/c11-9-2-1-8(10(13)4-9)3-7-5-12-6-7/h1-2,4,7,12-13H,3,5-6H2. The van der Waals surface area contributed by atoms with Crippen molar-refractivity contribution in [2.45, 2.75) is 6.42 Å². The SMILES string of the molecule is Oc1cc(Cl)ccc1CC1CNC1. The van der Waals surface area contributed by atoms with Crippen molar-refractivity contribution in [3.8, 4) is 5.75 Å². The van der Waals surface area contributed by atoms with Crippen LogP contribution in [-0.4, -0.2) is 18.2 Å². The lowest BCUT2D eigenvalue weighted by Gasteiger charge is -2.27. The van der Waals surface area contributed by atoms with E-state index in [1.807, 2.05) is 12.1 Å². The molecule has 1 heterocycles. The van der Waals surface area contributed by atoms with Crippen LogP contribution in [0.4, 0.5) is 0 Å². The molecule has 2 rings (SSSR count). The van der Waals surface area contributed by atoms with Crippen LogP contribution in [0.1, 0.15) is 5.56 Å². The van der Waals surface area contributed by atoms with Crippen molar-refractivity contribution in [1.29, 1.82) is 0 Å². The van der Waals surface area contributed by atoms with Crippen LogP contribution in [-0.2, 0) is 6.42 Å². The van der Waals surface area contributed by atoms with Gasteiger partial charge in [0.2, 0.25) is 0 Å². The van der Waals surface area contributed by atoms with E-state index in [0.29, 0.717) is 16.7 Å². The van der Waals surface area contributed by atoms with Gasteiger partial charge >= 0.3 is 0 Å². The Hall–Kier alpha value is -0.730. The topological polar surface area (TPSA) is 32.3 Å². The van der Waals surface area contributed by atoms with E-state index < -0.39 is 0 Å². The highest BCUT2D eigenvalue weighted by Gasteiger charge is 2.18. The Labute approximate surface area is 82.5 Å². The average molecular weight is 198 g/mol. The summed E-state index contributed by atoms with van der Waals surface area (Å²) in [5.41, 5.74) is 0.996. The Balaban J connectivity index is 2.10. The first-order valence-electron chi connectivity index (χ1n) is 4.44. The molecular formula is C10H12ClNO. The second kappa shape index (κ2) is 3.56. The van der Waals surface area contributed by atoms with Gasteiger partial charge in [-0.05, 0) is 43.1 Å². The van der Waals surface area contributed by atoms with Gasteiger partial charge < -0.3 is 10.4 Å². The van der Waals surface area contributed by atoms with Gasteiger partial charge in [-0.15, -0.1) is 0 Å². The number of phenolic OH excluding ortho intramolecular Hbond substituents is 1. The zero-order valence-corrected chi connectivity index (χ0v) is 8.01. The first kappa shape index (κ1) is 8.85. The molecule has 0 spiro atoms. The maximum absolute atomic E-state index is 9.55. The summed E-state index contributed by atoms with van der Waals surface area (Å²) in [7, 11) is 0. The highest BCUT2D eigenvalue weighted by atomic mass is 35.5. The maximum Gasteiger partial charge on any atom is 0.120 e. The molecule has 1 fully saturated rings. The Morgan fingerprint density at radius 3 is 2.77 bits per heavy atom. The van der Waals surface area contributed by atoms with E-state index in [1.165, 1.54) is 0 Å². The number of aromatic hydroxyl groups is 1. The molecule has 70 valence electrons. The number of hydrogen-bond acceptors (Lipinski definition) is 2. The van der Waals surface area contributed by atoms with Gasteiger partial charge in [0.05, 0.1) is 0 Å². The molecule has 0 aromatic heterocycles. The van der Waals surface area contributed by atoms with Crippen molar-refractivity contribution in [2.75, 3.05) is 13.1 Å². The second-order valence-electron chi connectivity index (χ2n) is 3.50. The summed E-state index contributed by atoms with van der Waals surface area (Å²) in [6.45, 7) is 2.12. The van der Waals surface area contributed by atoms with Crippen molar-refractivity contribution in [1.82, 2.24) is 5.32 Å². The molecule has 1 aromatic rings. The zero-order valence-electron chi connectivity index (χ0n) is 7.26. The lowest BCUT2D eigenvalue weighted by Crippen LogP contribution is -2.43. The van der Waals surface area contributed by atoms with Crippen LogP contribution in [0.3, 0.4) is 0 Å². The summed E-state index contributed by atoms with van der Waals surface area (Å²) >= 11 is 5.73. The summed E-state index contributed by atoms with van der Waals surface area (Å²) in [6, 6.07) is 5.32. The summed E-state index contributed by atoms with van der Waals surface area (Å²) < 4.78 is 0. The molecule has 0 saturated carbocycles. The quantitative estimate of drug-likeness (QED) is 0.758. The largest absolute Gasteiger partial charge is 0.508 e. The van der Waals surface area contributed by atoms with Crippen molar-refractivity contribution in [3.05, 3.63) is 28.8 Å². The average Bonchev–Trinajstić information content (AvgIpc) is 1.99. The molecule has 2 nitrogen and oxygen atoms in total. The number of benzene rings is 1. The normalized spacial score (nSPS) is 17.0. The van der Waals surface area contributed by atoms with Gasteiger partial charge in [-0.3, -0.25) is 0 Å². The minimum atomic E-state index is 0.319. The molecule has 0 aliphatic carbocycles. The summed E-state index contributed by atoms with van der Waals surface area (Å²) in [6.07, 6.45) is 0.940. The van der Waals surface area contributed by atoms with Gasteiger partial charge in [-0.1, -0.05) is 17.7 Å². The lowest BCUT2D eigenvalue weighted by atomic mass is 9.94. The number of halogens is 1. The van der Waals surface area contributed by atoms with E-state index in [0.717, 1.165) is 25.1 Å². The molecule has 0 amide bonds. The molecule has 3 heteroatoms. The molecule has 13 heavy (non-hydrogen) atoms. The Kier molecular flexibility index (Phi) is 2.42. The summed E-state index contributed by atoms with van der Waals surface area (Å²) in [5, 5.41) is 13.4. The fraction of sp³-hybridized carbons (Fsp3) is 0.400. The molecular weight excluding hydrogens is 186 g/mol. The third-order valence-corrected chi connectivity index (χ3v) is 2.66. The van der Waals surface area contributed by atoms with Crippen LogP contribution in [0.5, 0.6) is 5.75 Å². The number of rotatable bonds is 2. The molecule has 1 aromatic carbocycles. The minimum Gasteiger partial charge on any atom is -0.508 e. The first-order valence-corrected chi connectivity index (χ1v) is 4.81. The van der Waals surface area contributed by atoms with Gasteiger partial charge in [0.1, 0.15) is 5.75 Å². The van der Waals surface area contributed by atoms with E-state index in [9.17, 15) is 5.11 Å². The molecule has 1 aliphatic heterocycles. The van der Waals surface area contributed by atoms with Crippen LogP contribution in [0.15, 0.2) is 18.2 Å². The van der Waals surface area contributed by atoms with Crippen LogP contribution >= 0.6 is 11.6 Å².